The summed E-state index contributed by atoms with van der Waals surface area (Å²) >= 11 is 0. The molecule has 5 atom stereocenters. The maximum atomic E-state index is 11.6. The minimum absolute atomic E-state index is 0. The molecule has 17 heavy (non-hydrogen) atoms. The number of quaternary nitrogens is 1. The van der Waals surface area contributed by atoms with Crippen molar-refractivity contribution < 1.29 is 35.3 Å². The molecule has 0 radical (unpaired) electrons. The lowest BCUT2D eigenvalue weighted by molar-refractivity contribution is -0.455. The maximum absolute atomic E-state index is 11.6. The van der Waals surface area contributed by atoms with E-state index in [-0.39, 0.29) is 28.5 Å². The van der Waals surface area contributed by atoms with Gasteiger partial charge in [-0.15, -0.1) is 0 Å². The van der Waals surface area contributed by atoms with Crippen molar-refractivity contribution in [2.24, 2.45) is 5.92 Å². The number of ether oxygens (including phenoxy) is 1. The average molecular weight is 249 g/mol. The van der Waals surface area contributed by atoms with Gasteiger partial charge in [-0.2, -0.15) is 0 Å². The second-order valence-electron chi connectivity index (χ2n) is 4.42. The van der Waals surface area contributed by atoms with E-state index < -0.39 is 30.2 Å². The zero-order valence-electron chi connectivity index (χ0n) is 9.34. The second-order valence-corrected chi connectivity index (χ2v) is 4.42. The number of rotatable bonds is 0. The first-order chi connectivity index (χ1) is 7.43. The molecule has 2 aliphatic rings. The van der Waals surface area contributed by atoms with Gasteiger partial charge < -0.3 is 30.5 Å². The Morgan fingerprint density at radius 3 is 2.59 bits per heavy atom. The molecule has 1 fully saturated rings. The molecular weight excluding hydrogens is 233 g/mol. The topological polar surface area (TPSA) is 115 Å². The molecule has 0 amide bonds. The van der Waals surface area contributed by atoms with Gasteiger partial charge >= 0.3 is 5.97 Å². The summed E-state index contributed by atoms with van der Waals surface area (Å²) in [5.74, 6) is -1.48. The van der Waals surface area contributed by atoms with Crippen LogP contribution in [0.1, 0.15) is 13.3 Å². The molecule has 0 aromatic rings. The average Bonchev–Trinajstić information content (AvgIpc) is 2.20. The van der Waals surface area contributed by atoms with Crippen LogP contribution in [0.25, 0.3) is 0 Å². The van der Waals surface area contributed by atoms with Gasteiger partial charge in [0.2, 0.25) is 0 Å². The highest BCUT2D eigenvalue weighted by atomic mass is 19.0. The Labute approximate surface area is 97.0 Å². The van der Waals surface area contributed by atoms with Gasteiger partial charge in [-0.25, -0.2) is 4.79 Å². The summed E-state index contributed by atoms with van der Waals surface area (Å²) in [6.07, 6.45) is -2.70. The van der Waals surface area contributed by atoms with Crippen LogP contribution in [0.15, 0.2) is 11.3 Å². The molecule has 0 aromatic heterocycles. The smallest absolute Gasteiger partial charge is 0.338 e. The van der Waals surface area contributed by atoms with Crippen LogP contribution in [0, 0.1) is 5.92 Å². The fourth-order valence-electron chi connectivity index (χ4n) is 2.36. The fraction of sp³-hybridized carbons (Fsp3) is 0.700. The molecule has 0 saturated carbocycles. The number of aliphatic hydroxyl groups is 3. The zero-order valence-corrected chi connectivity index (χ0v) is 9.34. The van der Waals surface area contributed by atoms with Crippen LogP contribution in [-0.2, 0) is 9.53 Å². The molecule has 1 unspecified atom stereocenters. The lowest BCUT2D eigenvalue weighted by Crippen LogP contribution is -3.00. The number of hydrogen-bond acceptors (Lipinski definition) is 5. The third kappa shape index (κ3) is 2.01. The molecule has 2 rings (SSSR count). The van der Waals surface area contributed by atoms with Crippen molar-refractivity contribution in [1.29, 1.82) is 0 Å². The SMILES string of the molecule is C[C@@H]1OC(=O)C2=C(O)C[C@@H](O)[C@H](O)C2[C@H]1[NH3+].[F-]. The molecule has 1 saturated heterocycles. The lowest BCUT2D eigenvalue weighted by Gasteiger charge is -2.39. The molecule has 6 N–H and O–H groups in total. The number of carbonyl (C=O) groups excluding carboxylic acids is 1. The van der Waals surface area contributed by atoms with E-state index in [1.54, 1.807) is 6.92 Å². The second kappa shape index (κ2) is 4.59. The highest BCUT2D eigenvalue weighted by Gasteiger charge is 2.50. The van der Waals surface area contributed by atoms with E-state index in [0.717, 1.165) is 0 Å². The Morgan fingerprint density at radius 1 is 1.41 bits per heavy atom. The molecule has 0 bridgehead atoms. The van der Waals surface area contributed by atoms with Crippen LogP contribution in [0.3, 0.4) is 0 Å². The minimum Gasteiger partial charge on any atom is -1.00 e. The van der Waals surface area contributed by atoms with Gasteiger partial charge in [0, 0.05) is 6.42 Å². The van der Waals surface area contributed by atoms with Crippen molar-refractivity contribution in [1.82, 2.24) is 0 Å². The molecule has 1 aliphatic carbocycles. The van der Waals surface area contributed by atoms with E-state index >= 15 is 0 Å². The van der Waals surface area contributed by atoms with Gasteiger partial charge in [0.05, 0.1) is 23.7 Å². The van der Waals surface area contributed by atoms with Gasteiger partial charge in [0.15, 0.2) is 6.10 Å². The van der Waals surface area contributed by atoms with E-state index in [1.165, 1.54) is 0 Å². The Bertz CT molecular complexity index is 359. The van der Waals surface area contributed by atoms with Crippen LogP contribution in [0.4, 0.5) is 0 Å². The Hall–Kier alpha value is -1.18. The predicted molar refractivity (Wildman–Crippen MR) is 52.0 cm³/mol. The summed E-state index contributed by atoms with van der Waals surface area (Å²) < 4.78 is 5.01. The summed E-state index contributed by atoms with van der Waals surface area (Å²) in [7, 11) is 0. The van der Waals surface area contributed by atoms with Crippen LogP contribution in [-0.4, -0.2) is 45.6 Å². The number of halogens is 1. The monoisotopic (exact) mass is 249 g/mol. The first-order valence-corrected chi connectivity index (χ1v) is 5.25. The van der Waals surface area contributed by atoms with E-state index in [2.05, 4.69) is 5.73 Å². The van der Waals surface area contributed by atoms with Crippen LogP contribution >= 0.6 is 0 Å². The largest absolute Gasteiger partial charge is 1.00 e. The van der Waals surface area contributed by atoms with Crippen molar-refractivity contribution in [3.05, 3.63) is 11.3 Å². The maximum Gasteiger partial charge on any atom is 0.338 e. The van der Waals surface area contributed by atoms with Gasteiger partial charge in [0.25, 0.3) is 0 Å². The predicted octanol–water partition coefficient (Wildman–Crippen LogP) is -4.90. The number of esters is 1. The molecule has 0 aromatic carbocycles. The third-order valence-electron chi connectivity index (χ3n) is 3.39. The van der Waals surface area contributed by atoms with E-state index in [0.29, 0.717) is 0 Å². The van der Waals surface area contributed by atoms with Crippen LogP contribution in [0.5, 0.6) is 0 Å². The van der Waals surface area contributed by atoms with Crippen molar-refractivity contribution in [3.63, 3.8) is 0 Å². The normalized spacial score (nSPS) is 41.4. The summed E-state index contributed by atoms with van der Waals surface area (Å²) in [4.78, 5) is 11.6. The number of carbonyl (C=O) groups is 1. The molecule has 1 heterocycles. The highest BCUT2D eigenvalue weighted by Crippen LogP contribution is 2.36. The van der Waals surface area contributed by atoms with Gasteiger partial charge in [-0.3, -0.25) is 0 Å². The number of fused-ring (bicyclic) bond motifs is 1. The van der Waals surface area contributed by atoms with Crippen molar-refractivity contribution in [2.75, 3.05) is 0 Å². The minimum atomic E-state index is -1.08. The van der Waals surface area contributed by atoms with Gasteiger partial charge in [0.1, 0.15) is 11.8 Å². The van der Waals surface area contributed by atoms with Crippen molar-refractivity contribution in [3.8, 4) is 0 Å². The molecule has 7 heteroatoms. The molecule has 6 nitrogen and oxygen atoms in total. The molecule has 98 valence electrons. The number of cyclic esters (lactones) is 1. The zero-order chi connectivity index (χ0) is 12.0. The standard InChI is InChI=1S/C10H15NO5.FH/c1-3-8(11)7-6(10(15)16-3)4(12)2-5(13)9(7)14;/h3,5,7-9,12-14H,2,11H2,1H3;1H/t3-,5+,7?,8-,9-;/m0./s1. The molecule has 0 spiro atoms. The molecular formula is C10H16FNO5. The number of hydrogen-bond donors (Lipinski definition) is 4. The van der Waals surface area contributed by atoms with Crippen LogP contribution in [0.2, 0.25) is 0 Å². The Kier molecular flexibility index (Phi) is 3.75. The number of aliphatic hydroxyl groups excluding tert-OH is 3. The summed E-state index contributed by atoms with van der Waals surface area (Å²) in [6.45, 7) is 1.68. The summed E-state index contributed by atoms with van der Waals surface area (Å²) in [5, 5.41) is 29.1. The van der Waals surface area contributed by atoms with E-state index in [9.17, 15) is 20.1 Å². The first-order valence-electron chi connectivity index (χ1n) is 5.25. The van der Waals surface area contributed by atoms with E-state index in [4.69, 9.17) is 4.74 Å². The first kappa shape index (κ1) is 13.9. The quantitative estimate of drug-likeness (QED) is 0.321. The van der Waals surface area contributed by atoms with Crippen molar-refractivity contribution >= 4 is 5.97 Å². The Morgan fingerprint density at radius 2 is 2.00 bits per heavy atom. The summed E-state index contributed by atoms with van der Waals surface area (Å²) in [5.41, 5.74) is 3.89. The summed E-state index contributed by atoms with van der Waals surface area (Å²) in [6, 6.07) is -0.375. The van der Waals surface area contributed by atoms with Crippen molar-refractivity contribution in [2.45, 2.75) is 37.7 Å². The van der Waals surface area contributed by atoms with Gasteiger partial charge in [-0.05, 0) is 6.92 Å². The third-order valence-corrected chi connectivity index (χ3v) is 3.39. The fourth-order valence-corrected chi connectivity index (χ4v) is 2.36. The van der Waals surface area contributed by atoms with E-state index in [1.807, 2.05) is 0 Å². The Balaban J connectivity index is 0.00000144. The van der Waals surface area contributed by atoms with Crippen LogP contribution < -0.4 is 10.4 Å². The van der Waals surface area contributed by atoms with Gasteiger partial charge in [-0.1, -0.05) is 0 Å². The lowest BCUT2D eigenvalue weighted by atomic mass is 9.75. The highest BCUT2D eigenvalue weighted by molar-refractivity contribution is 5.91. The molecule has 1 aliphatic heterocycles.